The zero-order valence-corrected chi connectivity index (χ0v) is 4.98. The maximum Gasteiger partial charge on any atom is 0.198 e. The van der Waals surface area contributed by atoms with E-state index in [9.17, 15) is 4.79 Å². The van der Waals surface area contributed by atoms with Gasteiger partial charge in [0.15, 0.2) is 6.29 Å². The minimum atomic E-state index is 0.420. The maximum absolute atomic E-state index is 9.56. The Hall–Kier alpha value is -0.660. The average Bonchev–Trinajstić information content (AvgIpc) is 1.81. The fourth-order valence-corrected chi connectivity index (χ4v) is 0.298. The molecule has 2 radical (unpaired) electrons. The molecule has 0 saturated carbocycles. The number of unbranched alkanes of at least 4 members (excludes halogenated alkanes) is 1. The van der Waals surface area contributed by atoms with E-state index >= 15 is 0 Å². The molecule has 0 aromatic rings. The molecular weight excluding hydrogens is 102 g/mol. The lowest BCUT2D eigenvalue weighted by molar-refractivity contribution is 0.552. The highest BCUT2D eigenvalue weighted by atomic mass is 16.1. The summed E-state index contributed by atoms with van der Waals surface area (Å²) in [6, 6.07) is 0. The second-order valence-corrected chi connectivity index (χ2v) is 1.28. The van der Waals surface area contributed by atoms with Gasteiger partial charge in [-0.3, -0.25) is 9.79 Å². The molecule has 0 aromatic carbocycles. The Kier molecular flexibility index (Phi) is 5.82. The Morgan fingerprint density at radius 1 is 1.50 bits per heavy atom. The molecule has 0 aliphatic heterocycles. The van der Waals surface area contributed by atoms with Crippen LogP contribution in [0.2, 0.25) is 0 Å². The molecule has 0 heterocycles. The van der Waals surface area contributed by atoms with Gasteiger partial charge in [-0.25, -0.2) is 0 Å². The van der Waals surface area contributed by atoms with Crippen molar-refractivity contribution in [2.24, 2.45) is 4.99 Å². The molecule has 0 fully saturated rings. The van der Waals surface area contributed by atoms with E-state index in [1.165, 1.54) is 0 Å². The normalized spacial score (nSPS) is 10.1. The van der Waals surface area contributed by atoms with E-state index in [2.05, 4.69) is 11.2 Å². The summed E-state index contributed by atoms with van der Waals surface area (Å²) >= 11 is 0. The molecule has 0 spiro atoms. The number of aliphatic imine (C=N–C) groups is 1. The van der Waals surface area contributed by atoms with Gasteiger partial charge in [0.25, 0.3) is 0 Å². The molecule has 0 aliphatic carbocycles. The number of hydrogen-bond donors (Lipinski definition) is 0. The summed E-state index contributed by atoms with van der Waals surface area (Å²) in [7, 11) is 0. The van der Waals surface area contributed by atoms with E-state index < -0.39 is 0 Å². The molecule has 0 aromatic heterocycles. The number of carbonyl (C=O) groups excluding carboxylic acids is 1. The Morgan fingerprint density at radius 3 is 2.75 bits per heavy atom. The fourth-order valence-electron chi connectivity index (χ4n) is 0.298. The first-order chi connectivity index (χ1) is 3.91. The predicted octanol–water partition coefficient (Wildman–Crippen LogP) is 0.844. The van der Waals surface area contributed by atoms with Crippen molar-refractivity contribution in [2.75, 3.05) is 6.54 Å². The number of hydrogen-bond acceptors (Lipinski definition) is 2. The van der Waals surface area contributed by atoms with E-state index in [1.54, 1.807) is 6.29 Å². The van der Waals surface area contributed by atoms with Crippen molar-refractivity contribution in [3.05, 3.63) is 0 Å². The smallest absolute Gasteiger partial charge is 0.198 e. The molecule has 0 aliphatic rings. The second-order valence-electron chi connectivity index (χ2n) is 1.28. The Morgan fingerprint density at radius 2 is 2.25 bits per heavy atom. The summed E-state index contributed by atoms with van der Waals surface area (Å²) in [6.45, 7) is 2.68. The molecule has 0 bridgehead atoms. The monoisotopic (exact) mass is 111 g/mol. The van der Waals surface area contributed by atoms with Crippen LogP contribution in [0.3, 0.4) is 0 Å². The van der Waals surface area contributed by atoms with Gasteiger partial charge >= 0.3 is 0 Å². The minimum absolute atomic E-state index is 0.420. The first-order valence-corrected chi connectivity index (χ1v) is 2.66. The molecular formula is C6H9NO. The van der Waals surface area contributed by atoms with Gasteiger partial charge in [0.05, 0.1) is 6.21 Å². The average molecular weight is 111 g/mol. The maximum atomic E-state index is 9.56. The van der Waals surface area contributed by atoms with E-state index in [0.29, 0.717) is 12.8 Å². The van der Waals surface area contributed by atoms with Gasteiger partial charge in [-0.2, -0.15) is 0 Å². The van der Waals surface area contributed by atoms with Gasteiger partial charge in [-0.15, -0.1) is 0 Å². The highest BCUT2D eigenvalue weighted by molar-refractivity contribution is 5.63. The van der Waals surface area contributed by atoms with E-state index in [-0.39, 0.29) is 0 Å². The molecule has 0 rings (SSSR count). The third-order valence-corrected chi connectivity index (χ3v) is 0.609. The Bertz CT molecular complexity index is 78.6. The quantitative estimate of drug-likeness (QED) is 0.390. The van der Waals surface area contributed by atoms with Crippen LogP contribution in [-0.2, 0) is 4.79 Å². The molecule has 0 N–H and O–H groups in total. The molecule has 0 unspecified atom stereocenters. The number of rotatable bonds is 4. The molecule has 0 saturated heterocycles. The SMILES string of the molecule is CC/N=[C]/CC[C]=O. The molecule has 0 amide bonds. The van der Waals surface area contributed by atoms with Crippen LogP contribution >= 0.6 is 0 Å². The van der Waals surface area contributed by atoms with Crippen molar-refractivity contribution in [3.8, 4) is 0 Å². The topological polar surface area (TPSA) is 29.4 Å². The standard InChI is InChI=1S/C6H9NO/c1-2-7-5-3-4-6-8/h2-4H2,1H3. The number of nitrogens with zero attached hydrogens (tertiary/aromatic N) is 1. The third kappa shape index (κ3) is 5.34. The van der Waals surface area contributed by atoms with Crippen molar-refractivity contribution < 1.29 is 4.79 Å². The fraction of sp³-hybridized carbons (Fsp3) is 0.667. The van der Waals surface area contributed by atoms with Crippen LogP contribution in [0.1, 0.15) is 19.8 Å². The van der Waals surface area contributed by atoms with Crippen LogP contribution < -0.4 is 0 Å². The van der Waals surface area contributed by atoms with E-state index in [1.807, 2.05) is 6.92 Å². The van der Waals surface area contributed by atoms with Gasteiger partial charge in [0, 0.05) is 13.0 Å². The van der Waals surface area contributed by atoms with Gasteiger partial charge in [-0.1, -0.05) is 0 Å². The summed E-state index contributed by atoms with van der Waals surface area (Å²) in [6.07, 6.45) is 5.48. The van der Waals surface area contributed by atoms with Crippen LogP contribution in [-0.4, -0.2) is 19.0 Å². The van der Waals surface area contributed by atoms with Gasteiger partial charge in [0.1, 0.15) is 0 Å². The molecule has 8 heavy (non-hydrogen) atoms. The highest BCUT2D eigenvalue weighted by Crippen LogP contribution is 1.77. The third-order valence-electron chi connectivity index (χ3n) is 0.609. The summed E-state index contributed by atoms with van der Waals surface area (Å²) in [4.78, 5) is 13.3. The van der Waals surface area contributed by atoms with Gasteiger partial charge < -0.3 is 0 Å². The van der Waals surface area contributed by atoms with Crippen molar-refractivity contribution >= 4 is 12.5 Å². The lowest BCUT2D eigenvalue weighted by Gasteiger charge is -1.77. The van der Waals surface area contributed by atoms with Crippen LogP contribution in [0, 0.1) is 0 Å². The Balaban J connectivity index is 2.90. The van der Waals surface area contributed by atoms with Crippen molar-refractivity contribution in [2.45, 2.75) is 19.8 Å². The minimum Gasteiger partial charge on any atom is -0.291 e. The van der Waals surface area contributed by atoms with Crippen molar-refractivity contribution in [1.29, 1.82) is 0 Å². The summed E-state index contributed by atoms with van der Waals surface area (Å²) in [5.74, 6) is 0. The van der Waals surface area contributed by atoms with Crippen LogP contribution in [0.15, 0.2) is 4.99 Å². The zero-order valence-electron chi connectivity index (χ0n) is 4.98. The summed E-state index contributed by atoms with van der Waals surface area (Å²) in [5.41, 5.74) is 0. The van der Waals surface area contributed by atoms with Crippen molar-refractivity contribution in [3.63, 3.8) is 0 Å². The lowest BCUT2D eigenvalue weighted by Crippen LogP contribution is -1.78. The molecule has 44 valence electrons. The first kappa shape index (κ1) is 7.34. The van der Waals surface area contributed by atoms with Crippen molar-refractivity contribution in [1.82, 2.24) is 0 Å². The molecule has 0 atom stereocenters. The van der Waals surface area contributed by atoms with E-state index in [4.69, 9.17) is 0 Å². The van der Waals surface area contributed by atoms with Gasteiger partial charge in [-0.05, 0) is 13.3 Å². The second kappa shape index (κ2) is 6.34. The summed E-state index contributed by atoms with van der Waals surface area (Å²) < 4.78 is 0. The molecule has 2 heteroatoms. The Labute approximate surface area is 49.6 Å². The predicted molar refractivity (Wildman–Crippen MR) is 32.9 cm³/mol. The van der Waals surface area contributed by atoms with E-state index in [0.717, 1.165) is 6.54 Å². The lowest BCUT2D eigenvalue weighted by atomic mass is 10.4. The van der Waals surface area contributed by atoms with Crippen LogP contribution in [0.5, 0.6) is 0 Å². The highest BCUT2D eigenvalue weighted by Gasteiger charge is 1.77. The molecule has 2 nitrogen and oxygen atoms in total. The van der Waals surface area contributed by atoms with Crippen LogP contribution in [0.25, 0.3) is 0 Å². The largest absolute Gasteiger partial charge is 0.291 e. The van der Waals surface area contributed by atoms with Gasteiger partial charge in [0.2, 0.25) is 0 Å². The van der Waals surface area contributed by atoms with Crippen LogP contribution in [0.4, 0.5) is 0 Å². The summed E-state index contributed by atoms with van der Waals surface area (Å²) in [5, 5.41) is 0. The first-order valence-electron chi connectivity index (χ1n) is 2.66. The zero-order chi connectivity index (χ0) is 6.24.